The SMILES string of the molecule is COc1cccc(OC)c1P(c1ccccc1C)c1ccccc1C. The number of hydrogen-bond acceptors (Lipinski definition) is 2. The van der Waals surface area contributed by atoms with Crippen molar-refractivity contribution in [2.45, 2.75) is 13.8 Å². The second-order valence-electron chi connectivity index (χ2n) is 5.92. The van der Waals surface area contributed by atoms with Crippen molar-refractivity contribution in [2.24, 2.45) is 0 Å². The molecule has 0 atom stereocenters. The highest BCUT2D eigenvalue weighted by Crippen LogP contribution is 2.41. The summed E-state index contributed by atoms with van der Waals surface area (Å²) < 4.78 is 11.5. The fourth-order valence-electron chi connectivity index (χ4n) is 3.05. The van der Waals surface area contributed by atoms with Gasteiger partial charge in [0.15, 0.2) is 0 Å². The second kappa shape index (κ2) is 7.72. The maximum atomic E-state index is 5.73. The second-order valence-corrected chi connectivity index (χ2v) is 8.00. The molecular formula is C22H23O2P. The molecule has 0 fully saturated rings. The molecule has 0 amide bonds. The zero-order valence-electron chi connectivity index (χ0n) is 15.1. The minimum atomic E-state index is -0.791. The molecule has 0 saturated carbocycles. The highest BCUT2D eigenvalue weighted by Gasteiger charge is 2.26. The van der Waals surface area contributed by atoms with Crippen molar-refractivity contribution < 1.29 is 9.47 Å². The van der Waals surface area contributed by atoms with Crippen LogP contribution in [0.15, 0.2) is 66.7 Å². The fourth-order valence-corrected chi connectivity index (χ4v) is 5.89. The Hall–Kier alpha value is -2.31. The van der Waals surface area contributed by atoms with Gasteiger partial charge < -0.3 is 9.47 Å². The van der Waals surface area contributed by atoms with Crippen LogP contribution in [0.1, 0.15) is 11.1 Å². The number of hydrogen-bond donors (Lipinski definition) is 0. The summed E-state index contributed by atoms with van der Waals surface area (Å²) in [6.07, 6.45) is 0. The van der Waals surface area contributed by atoms with Crippen LogP contribution in [0.4, 0.5) is 0 Å². The predicted molar refractivity (Wildman–Crippen MR) is 108 cm³/mol. The van der Waals surface area contributed by atoms with E-state index in [1.54, 1.807) is 14.2 Å². The van der Waals surface area contributed by atoms with Crippen molar-refractivity contribution in [1.29, 1.82) is 0 Å². The van der Waals surface area contributed by atoms with Crippen LogP contribution in [-0.2, 0) is 0 Å². The minimum Gasteiger partial charge on any atom is -0.496 e. The van der Waals surface area contributed by atoms with Gasteiger partial charge in [0.05, 0.1) is 19.5 Å². The Balaban J connectivity index is 2.34. The molecule has 0 spiro atoms. The molecule has 0 bridgehead atoms. The fraction of sp³-hybridized carbons (Fsp3) is 0.182. The number of aryl methyl sites for hydroxylation is 2. The first-order chi connectivity index (χ1) is 12.2. The van der Waals surface area contributed by atoms with Gasteiger partial charge in [-0.1, -0.05) is 54.6 Å². The van der Waals surface area contributed by atoms with Crippen molar-refractivity contribution in [3.8, 4) is 11.5 Å². The largest absolute Gasteiger partial charge is 0.496 e. The Kier molecular flexibility index (Phi) is 5.40. The van der Waals surface area contributed by atoms with Crippen LogP contribution < -0.4 is 25.4 Å². The molecule has 0 aliphatic carbocycles. The number of methoxy groups -OCH3 is 2. The van der Waals surface area contributed by atoms with E-state index in [2.05, 4.69) is 62.4 Å². The van der Waals surface area contributed by atoms with E-state index < -0.39 is 7.92 Å². The van der Waals surface area contributed by atoms with Gasteiger partial charge in [-0.2, -0.15) is 0 Å². The van der Waals surface area contributed by atoms with Crippen molar-refractivity contribution >= 4 is 23.8 Å². The molecule has 128 valence electrons. The normalized spacial score (nSPS) is 10.8. The van der Waals surface area contributed by atoms with Crippen molar-refractivity contribution in [3.63, 3.8) is 0 Å². The topological polar surface area (TPSA) is 18.5 Å². The number of ether oxygens (including phenoxy) is 2. The summed E-state index contributed by atoms with van der Waals surface area (Å²) in [4.78, 5) is 0. The molecule has 0 unspecified atom stereocenters. The maximum absolute atomic E-state index is 5.73. The average Bonchev–Trinajstić information content (AvgIpc) is 2.65. The van der Waals surface area contributed by atoms with Crippen LogP contribution >= 0.6 is 7.92 Å². The third kappa shape index (κ3) is 3.41. The van der Waals surface area contributed by atoms with Crippen LogP contribution in [0, 0.1) is 13.8 Å². The first-order valence-corrected chi connectivity index (χ1v) is 9.64. The Bertz CT molecular complexity index is 806. The summed E-state index contributed by atoms with van der Waals surface area (Å²) in [7, 11) is 2.66. The zero-order chi connectivity index (χ0) is 17.8. The minimum absolute atomic E-state index is 0.791. The molecule has 0 aliphatic heterocycles. The Morgan fingerprint density at radius 3 is 1.44 bits per heavy atom. The molecule has 0 aromatic heterocycles. The molecule has 25 heavy (non-hydrogen) atoms. The molecule has 0 heterocycles. The predicted octanol–water partition coefficient (Wildman–Crippen LogP) is 4.08. The van der Waals surface area contributed by atoms with Gasteiger partial charge in [0.25, 0.3) is 0 Å². The Labute approximate surface area is 151 Å². The van der Waals surface area contributed by atoms with Gasteiger partial charge in [0.1, 0.15) is 11.5 Å². The van der Waals surface area contributed by atoms with Gasteiger partial charge in [0.2, 0.25) is 0 Å². The van der Waals surface area contributed by atoms with E-state index in [4.69, 9.17) is 9.47 Å². The first kappa shape index (κ1) is 17.5. The van der Waals surface area contributed by atoms with Crippen LogP contribution in [0.25, 0.3) is 0 Å². The zero-order valence-corrected chi connectivity index (χ0v) is 16.0. The standard InChI is InChI=1S/C22H23O2P/c1-16-10-5-7-14-20(16)25(21-15-8-6-11-17(21)2)22-18(23-3)12-9-13-19(22)24-4/h5-15H,1-4H3. The number of benzene rings is 3. The van der Waals surface area contributed by atoms with Crippen LogP contribution in [0.3, 0.4) is 0 Å². The van der Waals surface area contributed by atoms with Gasteiger partial charge >= 0.3 is 0 Å². The maximum Gasteiger partial charge on any atom is 0.130 e. The molecule has 3 aromatic carbocycles. The molecule has 3 heteroatoms. The highest BCUT2D eigenvalue weighted by atomic mass is 31.1. The molecule has 0 radical (unpaired) electrons. The lowest BCUT2D eigenvalue weighted by molar-refractivity contribution is 0.401. The Morgan fingerprint density at radius 1 is 0.600 bits per heavy atom. The molecule has 0 saturated heterocycles. The van der Waals surface area contributed by atoms with Crippen molar-refractivity contribution in [1.82, 2.24) is 0 Å². The molecular weight excluding hydrogens is 327 g/mol. The van der Waals surface area contributed by atoms with E-state index in [0.717, 1.165) is 16.8 Å². The first-order valence-electron chi connectivity index (χ1n) is 8.29. The summed E-state index contributed by atoms with van der Waals surface area (Å²) in [6.45, 7) is 4.34. The average molecular weight is 350 g/mol. The lowest BCUT2D eigenvalue weighted by atomic mass is 10.2. The molecule has 2 nitrogen and oxygen atoms in total. The molecule has 3 aromatic rings. The summed E-state index contributed by atoms with van der Waals surface area (Å²) in [6, 6.07) is 23.2. The van der Waals surface area contributed by atoms with E-state index in [1.165, 1.54) is 21.7 Å². The van der Waals surface area contributed by atoms with E-state index >= 15 is 0 Å². The lowest BCUT2D eigenvalue weighted by Crippen LogP contribution is -2.26. The van der Waals surface area contributed by atoms with Gasteiger partial charge in [-0.3, -0.25) is 0 Å². The molecule has 3 rings (SSSR count). The smallest absolute Gasteiger partial charge is 0.130 e. The lowest BCUT2D eigenvalue weighted by Gasteiger charge is -2.26. The van der Waals surface area contributed by atoms with E-state index in [0.29, 0.717) is 0 Å². The summed E-state index contributed by atoms with van der Waals surface area (Å²) in [5, 5.41) is 3.79. The van der Waals surface area contributed by atoms with Gasteiger partial charge in [0, 0.05) is 0 Å². The third-order valence-electron chi connectivity index (χ3n) is 4.34. The number of rotatable bonds is 5. The van der Waals surface area contributed by atoms with Crippen LogP contribution in [0.2, 0.25) is 0 Å². The van der Waals surface area contributed by atoms with E-state index in [-0.39, 0.29) is 0 Å². The van der Waals surface area contributed by atoms with Crippen molar-refractivity contribution in [3.05, 3.63) is 77.9 Å². The van der Waals surface area contributed by atoms with Crippen molar-refractivity contribution in [2.75, 3.05) is 14.2 Å². The Morgan fingerprint density at radius 2 is 1.04 bits per heavy atom. The van der Waals surface area contributed by atoms with Crippen LogP contribution in [-0.4, -0.2) is 14.2 Å². The van der Waals surface area contributed by atoms with E-state index in [9.17, 15) is 0 Å². The van der Waals surface area contributed by atoms with Gasteiger partial charge in [-0.15, -0.1) is 0 Å². The summed E-state index contributed by atoms with van der Waals surface area (Å²) >= 11 is 0. The van der Waals surface area contributed by atoms with Gasteiger partial charge in [-0.05, 0) is 55.6 Å². The molecule has 0 aliphatic rings. The summed E-state index contributed by atoms with van der Waals surface area (Å²) in [5.74, 6) is 1.74. The quantitative estimate of drug-likeness (QED) is 0.646. The summed E-state index contributed by atoms with van der Waals surface area (Å²) in [5.41, 5.74) is 2.56. The highest BCUT2D eigenvalue weighted by molar-refractivity contribution is 7.80. The molecule has 0 N–H and O–H groups in total. The van der Waals surface area contributed by atoms with Crippen LogP contribution in [0.5, 0.6) is 11.5 Å². The van der Waals surface area contributed by atoms with Gasteiger partial charge in [-0.25, -0.2) is 0 Å². The van der Waals surface area contributed by atoms with E-state index in [1.807, 2.05) is 18.2 Å². The monoisotopic (exact) mass is 350 g/mol. The third-order valence-corrected chi connectivity index (χ3v) is 7.19.